The Morgan fingerprint density at radius 1 is 1.20 bits per heavy atom. The summed E-state index contributed by atoms with van der Waals surface area (Å²) in [6, 6.07) is 9.60. The van der Waals surface area contributed by atoms with E-state index in [0.29, 0.717) is 15.8 Å². The van der Waals surface area contributed by atoms with Crippen molar-refractivity contribution in [2.75, 3.05) is 25.6 Å². The zero-order valence-electron chi connectivity index (χ0n) is 18.9. The zero-order valence-corrected chi connectivity index (χ0v) is 22.1. The van der Waals surface area contributed by atoms with Crippen LogP contribution in [0.1, 0.15) is 35.7 Å². The number of nitrogens with zero attached hydrogens (tertiary/aromatic N) is 1. The van der Waals surface area contributed by atoms with E-state index in [1.807, 2.05) is 6.92 Å². The summed E-state index contributed by atoms with van der Waals surface area (Å²) in [5.41, 5.74) is 1.08. The summed E-state index contributed by atoms with van der Waals surface area (Å²) in [6.07, 6.45) is 3.17. The Labute approximate surface area is 220 Å². The lowest BCUT2D eigenvalue weighted by Crippen LogP contribution is -2.36. The monoisotopic (exact) mass is 580 g/mol. The van der Waals surface area contributed by atoms with Gasteiger partial charge in [0.05, 0.1) is 33.7 Å². The van der Waals surface area contributed by atoms with Crippen LogP contribution in [0.4, 0.5) is 10.5 Å². The second-order valence-electron chi connectivity index (χ2n) is 7.39. The topological polar surface area (TPSA) is 102 Å². The molecule has 3 amide bonds. The minimum Gasteiger partial charge on any atom is -0.496 e. The fourth-order valence-corrected chi connectivity index (χ4v) is 4.64. The second kappa shape index (κ2) is 12.2. The van der Waals surface area contributed by atoms with Gasteiger partial charge in [0.2, 0.25) is 5.91 Å². The maximum absolute atomic E-state index is 12.8. The average Bonchev–Trinajstić information content (AvgIpc) is 3.07. The van der Waals surface area contributed by atoms with Gasteiger partial charge in [0.15, 0.2) is 0 Å². The Morgan fingerprint density at radius 3 is 2.66 bits per heavy atom. The third kappa shape index (κ3) is 6.87. The van der Waals surface area contributed by atoms with Crippen molar-refractivity contribution in [2.45, 2.75) is 19.8 Å². The van der Waals surface area contributed by atoms with Crippen molar-refractivity contribution in [2.24, 2.45) is 0 Å². The predicted octanol–water partition coefficient (Wildman–Crippen LogP) is 5.74. The van der Waals surface area contributed by atoms with E-state index in [9.17, 15) is 19.2 Å². The molecule has 0 unspecified atom stereocenters. The first-order valence-electron chi connectivity index (χ1n) is 10.6. The first-order chi connectivity index (χ1) is 16.7. The number of hydrogen-bond acceptors (Lipinski definition) is 7. The number of unbranched alkanes of at least 4 members (excludes halogenated alkanes) is 1. The van der Waals surface area contributed by atoms with Gasteiger partial charge in [-0.05, 0) is 76.1 Å². The Morgan fingerprint density at radius 2 is 1.97 bits per heavy atom. The first-order valence-corrected chi connectivity index (χ1v) is 12.6. The van der Waals surface area contributed by atoms with Crippen LogP contribution in [0, 0.1) is 0 Å². The summed E-state index contributed by atoms with van der Waals surface area (Å²) in [5.74, 6) is -1.14. The molecule has 1 aliphatic heterocycles. The van der Waals surface area contributed by atoms with Gasteiger partial charge in [0.1, 0.15) is 12.3 Å². The number of nitrogens with one attached hydrogen (secondary N) is 1. The highest BCUT2D eigenvalue weighted by Crippen LogP contribution is 2.34. The van der Waals surface area contributed by atoms with Crippen LogP contribution in [-0.4, -0.2) is 48.2 Å². The molecule has 35 heavy (non-hydrogen) atoms. The normalized spacial score (nSPS) is 14.4. The van der Waals surface area contributed by atoms with Gasteiger partial charge >= 0.3 is 5.97 Å². The zero-order chi connectivity index (χ0) is 25.5. The van der Waals surface area contributed by atoms with E-state index in [2.05, 4.69) is 21.2 Å². The van der Waals surface area contributed by atoms with E-state index in [4.69, 9.17) is 21.1 Å². The van der Waals surface area contributed by atoms with Crippen LogP contribution in [0.3, 0.4) is 0 Å². The smallest absolute Gasteiger partial charge is 0.339 e. The number of methoxy groups -OCH3 is 1. The fourth-order valence-electron chi connectivity index (χ4n) is 3.05. The molecule has 1 fully saturated rings. The minimum absolute atomic E-state index is 0.111. The number of benzene rings is 2. The van der Waals surface area contributed by atoms with Crippen molar-refractivity contribution in [3.63, 3.8) is 0 Å². The number of rotatable bonds is 9. The van der Waals surface area contributed by atoms with Crippen molar-refractivity contribution in [1.82, 2.24) is 4.90 Å². The van der Waals surface area contributed by atoms with E-state index in [0.717, 1.165) is 29.5 Å². The standard InChI is InChI=1S/C24H22BrClN2O6S/c1-3-4-9-34-23(31)16-12-15(6-7-18(16)26)27-21(29)13-28-22(30)20(35-24(28)32)11-14-5-8-19(33-2)17(25)10-14/h5-8,10-12H,3-4,9,13H2,1-2H3,(H,27,29)/b20-11+. The van der Waals surface area contributed by atoms with Gasteiger partial charge in [-0.1, -0.05) is 31.0 Å². The summed E-state index contributed by atoms with van der Waals surface area (Å²) < 4.78 is 11.1. The summed E-state index contributed by atoms with van der Waals surface area (Å²) in [7, 11) is 1.54. The van der Waals surface area contributed by atoms with Crippen molar-refractivity contribution >= 4 is 74.1 Å². The molecular formula is C24H22BrClN2O6S. The molecule has 0 aromatic heterocycles. The molecular weight excluding hydrogens is 560 g/mol. The van der Waals surface area contributed by atoms with Gasteiger partial charge in [-0.25, -0.2) is 4.79 Å². The summed E-state index contributed by atoms with van der Waals surface area (Å²) in [6.45, 7) is 1.76. The van der Waals surface area contributed by atoms with Gasteiger partial charge in [-0.2, -0.15) is 0 Å². The molecule has 8 nitrogen and oxygen atoms in total. The number of halogens is 2. The van der Waals surface area contributed by atoms with Gasteiger partial charge in [0.25, 0.3) is 11.1 Å². The van der Waals surface area contributed by atoms with Gasteiger partial charge < -0.3 is 14.8 Å². The lowest BCUT2D eigenvalue weighted by atomic mass is 10.2. The quantitative estimate of drug-likeness (QED) is 0.229. The van der Waals surface area contributed by atoms with E-state index in [-0.39, 0.29) is 27.8 Å². The maximum Gasteiger partial charge on any atom is 0.339 e. The number of thioether (sulfide) groups is 1. The van der Waals surface area contributed by atoms with E-state index in [1.165, 1.54) is 18.2 Å². The molecule has 0 saturated carbocycles. The number of ether oxygens (including phenoxy) is 2. The third-order valence-corrected chi connectivity index (χ3v) is 6.71. The molecule has 11 heteroatoms. The number of hydrogen-bond donors (Lipinski definition) is 1. The molecule has 184 valence electrons. The first kappa shape index (κ1) is 26.8. The number of anilines is 1. The third-order valence-electron chi connectivity index (χ3n) is 4.85. The number of carbonyl (C=O) groups is 4. The molecule has 3 rings (SSSR count). The van der Waals surface area contributed by atoms with Crippen LogP contribution in [0.15, 0.2) is 45.8 Å². The van der Waals surface area contributed by atoms with E-state index >= 15 is 0 Å². The molecule has 2 aromatic carbocycles. The lowest BCUT2D eigenvalue weighted by molar-refractivity contribution is -0.127. The Kier molecular flexibility index (Phi) is 9.36. The van der Waals surface area contributed by atoms with Crippen molar-refractivity contribution in [1.29, 1.82) is 0 Å². The summed E-state index contributed by atoms with van der Waals surface area (Å²) in [4.78, 5) is 51.0. The van der Waals surface area contributed by atoms with Crippen LogP contribution in [0.25, 0.3) is 6.08 Å². The lowest BCUT2D eigenvalue weighted by Gasteiger charge is -2.13. The Hall–Kier alpha value is -2.82. The predicted molar refractivity (Wildman–Crippen MR) is 139 cm³/mol. The maximum atomic E-state index is 12.8. The SMILES string of the molecule is CCCCOC(=O)c1cc(NC(=O)CN2C(=O)S/C(=C/c3ccc(OC)c(Br)c3)C2=O)ccc1Cl. The molecule has 1 saturated heterocycles. The fraction of sp³-hybridized carbons (Fsp3) is 0.250. The van der Waals surface area contributed by atoms with Crippen LogP contribution in [0.2, 0.25) is 5.02 Å². The number of carbonyl (C=O) groups excluding carboxylic acids is 4. The number of esters is 1. The van der Waals surface area contributed by atoms with Crippen LogP contribution < -0.4 is 10.1 Å². The Bertz CT molecular complexity index is 1200. The molecule has 0 bridgehead atoms. The minimum atomic E-state index is -0.603. The van der Waals surface area contributed by atoms with Gasteiger partial charge in [0, 0.05) is 5.69 Å². The molecule has 0 radical (unpaired) electrons. The van der Waals surface area contributed by atoms with Crippen molar-refractivity contribution in [3.05, 3.63) is 61.9 Å². The van der Waals surface area contributed by atoms with Crippen LogP contribution in [-0.2, 0) is 14.3 Å². The van der Waals surface area contributed by atoms with Crippen molar-refractivity contribution < 1.29 is 28.7 Å². The molecule has 0 atom stereocenters. The largest absolute Gasteiger partial charge is 0.496 e. The molecule has 0 spiro atoms. The Balaban J connectivity index is 1.66. The van der Waals surface area contributed by atoms with E-state index in [1.54, 1.807) is 31.4 Å². The number of imide groups is 1. The molecule has 2 aromatic rings. The molecule has 1 heterocycles. The van der Waals surface area contributed by atoms with Gasteiger partial charge in [-0.3, -0.25) is 19.3 Å². The van der Waals surface area contributed by atoms with Gasteiger partial charge in [-0.15, -0.1) is 0 Å². The van der Waals surface area contributed by atoms with Crippen molar-refractivity contribution in [3.8, 4) is 5.75 Å². The van der Waals surface area contributed by atoms with Crippen LogP contribution >= 0.6 is 39.3 Å². The molecule has 1 N–H and O–H groups in total. The highest BCUT2D eigenvalue weighted by Gasteiger charge is 2.36. The van der Waals surface area contributed by atoms with E-state index < -0.39 is 29.6 Å². The summed E-state index contributed by atoms with van der Waals surface area (Å²) in [5, 5.41) is 2.21. The number of amides is 3. The molecule has 1 aliphatic rings. The molecule has 0 aliphatic carbocycles. The van der Waals surface area contributed by atoms with Crippen LogP contribution in [0.5, 0.6) is 5.75 Å². The second-order valence-corrected chi connectivity index (χ2v) is 9.65. The average molecular weight is 582 g/mol. The highest BCUT2D eigenvalue weighted by molar-refractivity contribution is 9.10. The highest BCUT2D eigenvalue weighted by atomic mass is 79.9. The summed E-state index contributed by atoms with van der Waals surface area (Å²) >= 11 is 10.2.